The third kappa shape index (κ3) is 5.26. The minimum absolute atomic E-state index is 0.541. The minimum Gasteiger partial charge on any atom is -0.455 e. The number of nitrogens with zero attached hydrogens (tertiary/aromatic N) is 2. The van der Waals surface area contributed by atoms with Gasteiger partial charge in [0.05, 0.1) is 16.8 Å². The van der Waals surface area contributed by atoms with Gasteiger partial charge in [0.2, 0.25) is 0 Å². The molecule has 10 aromatic carbocycles. The van der Waals surface area contributed by atoms with Gasteiger partial charge < -0.3 is 4.42 Å². The van der Waals surface area contributed by atoms with Crippen molar-refractivity contribution in [2.45, 2.75) is 5.41 Å². The monoisotopic (exact) mass is 838 g/mol. The molecular weight excluding hydrogens is 801 g/mol. The SMILES string of the molecule is c1ccc(-c2nc(-c3cc(-c4cccc5ccccc45)cc(-c4cccc5c4oc4ccccc45)c3)cc(-c3cccc4c3C3(c5ccccc5-c5ccccc53)c3ccccc3-4)n2)cc1. The lowest BCUT2D eigenvalue weighted by Crippen LogP contribution is -2.26. The lowest BCUT2D eigenvalue weighted by atomic mass is 9.69. The Kier molecular flexibility index (Phi) is 7.90. The summed E-state index contributed by atoms with van der Waals surface area (Å²) < 4.78 is 6.69. The quantitative estimate of drug-likeness (QED) is 0.173. The first kappa shape index (κ1) is 36.8. The molecule has 0 bridgehead atoms. The van der Waals surface area contributed by atoms with E-state index in [1.54, 1.807) is 0 Å². The van der Waals surface area contributed by atoms with Gasteiger partial charge in [0.1, 0.15) is 11.2 Å². The average Bonchev–Trinajstić information content (AvgIpc) is 4.03. The molecule has 2 heterocycles. The summed E-state index contributed by atoms with van der Waals surface area (Å²) in [4.78, 5) is 11.0. The molecule has 66 heavy (non-hydrogen) atoms. The molecule has 0 saturated heterocycles. The molecule has 0 saturated carbocycles. The first-order valence-corrected chi connectivity index (χ1v) is 22.6. The summed E-state index contributed by atoms with van der Waals surface area (Å²) in [5.74, 6) is 0.675. The van der Waals surface area contributed by atoms with Crippen LogP contribution < -0.4 is 0 Å². The molecule has 12 aromatic rings. The van der Waals surface area contributed by atoms with E-state index in [0.29, 0.717) is 5.82 Å². The fraction of sp³-hybridized carbons (Fsp3) is 0.0159. The second-order valence-corrected chi connectivity index (χ2v) is 17.5. The van der Waals surface area contributed by atoms with Crippen LogP contribution in [-0.2, 0) is 5.41 Å². The van der Waals surface area contributed by atoms with Gasteiger partial charge in [-0.2, -0.15) is 0 Å². The van der Waals surface area contributed by atoms with Gasteiger partial charge >= 0.3 is 0 Å². The van der Waals surface area contributed by atoms with Crippen molar-refractivity contribution in [3.8, 4) is 78.4 Å². The summed E-state index contributed by atoms with van der Waals surface area (Å²) in [6.45, 7) is 0. The second-order valence-electron chi connectivity index (χ2n) is 17.5. The van der Waals surface area contributed by atoms with Crippen LogP contribution in [0, 0.1) is 0 Å². The van der Waals surface area contributed by atoms with Crippen molar-refractivity contribution in [2.75, 3.05) is 0 Å². The highest BCUT2D eigenvalue weighted by molar-refractivity contribution is 6.10. The first-order valence-electron chi connectivity index (χ1n) is 22.6. The Morgan fingerprint density at radius 2 is 0.818 bits per heavy atom. The van der Waals surface area contributed by atoms with Crippen LogP contribution in [0.1, 0.15) is 22.3 Å². The number of rotatable bonds is 5. The fourth-order valence-electron chi connectivity index (χ4n) is 11.4. The molecule has 2 aliphatic rings. The maximum Gasteiger partial charge on any atom is 0.160 e. The molecule has 1 spiro atoms. The van der Waals surface area contributed by atoms with Gasteiger partial charge in [0.15, 0.2) is 5.82 Å². The molecule has 306 valence electrons. The Morgan fingerprint density at radius 3 is 1.59 bits per heavy atom. The summed E-state index contributed by atoms with van der Waals surface area (Å²) in [6.07, 6.45) is 0. The van der Waals surface area contributed by atoms with Crippen LogP contribution in [0.3, 0.4) is 0 Å². The molecule has 14 rings (SSSR count). The highest BCUT2D eigenvalue weighted by Crippen LogP contribution is 2.64. The van der Waals surface area contributed by atoms with Crippen LogP contribution in [0.4, 0.5) is 0 Å². The maximum absolute atomic E-state index is 6.69. The van der Waals surface area contributed by atoms with E-state index >= 15 is 0 Å². The molecule has 0 amide bonds. The number of fused-ring (bicyclic) bond motifs is 14. The molecule has 2 aromatic heterocycles. The molecular formula is C63H38N2O. The largest absolute Gasteiger partial charge is 0.455 e. The predicted octanol–water partition coefficient (Wildman–Crippen LogP) is 16.2. The van der Waals surface area contributed by atoms with E-state index in [1.165, 1.54) is 55.3 Å². The lowest BCUT2D eigenvalue weighted by molar-refractivity contribution is 0.670. The zero-order chi connectivity index (χ0) is 43.3. The lowest BCUT2D eigenvalue weighted by Gasteiger charge is -2.32. The summed E-state index contributed by atoms with van der Waals surface area (Å²) in [5, 5.41) is 4.59. The Bertz CT molecular complexity index is 3890. The van der Waals surface area contributed by atoms with E-state index in [2.05, 4.69) is 218 Å². The van der Waals surface area contributed by atoms with Crippen LogP contribution >= 0.6 is 0 Å². The average molecular weight is 839 g/mol. The van der Waals surface area contributed by atoms with Gasteiger partial charge in [-0.15, -0.1) is 0 Å². The second kappa shape index (κ2) is 14.2. The number of furan rings is 1. The maximum atomic E-state index is 6.69. The van der Waals surface area contributed by atoms with E-state index < -0.39 is 5.41 Å². The van der Waals surface area contributed by atoms with Gasteiger partial charge in [0.25, 0.3) is 0 Å². The summed E-state index contributed by atoms with van der Waals surface area (Å²) in [7, 11) is 0. The normalized spacial score (nSPS) is 13.0. The van der Waals surface area contributed by atoms with E-state index in [-0.39, 0.29) is 0 Å². The van der Waals surface area contributed by atoms with Gasteiger partial charge in [-0.05, 0) is 102 Å². The number of hydrogen-bond acceptors (Lipinski definition) is 3. The number of aromatic nitrogens is 2. The molecule has 0 radical (unpaired) electrons. The van der Waals surface area contributed by atoms with Gasteiger partial charge in [-0.25, -0.2) is 9.97 Å². The zero-order valence-corrected chi connectivity index (χ0v) is 35.7. The molecule has 0 atom stereocenters. The van der Waals surface area contributed by atoms with Crippen LogP contribution in [0.15, 0.2) is 235 Å². The van der Waals surface area contributed by atoms with Crippen molar-refractivity contribution < 1.29 is 4.42 Å². The number of benzene rings is 10. The van der Waals surface area contributed by atoms with Gasteiger partial charge in [-0.1, -0.05) is 200 Å². The van der Waals surface area contributed by atoms with E-state index in [0.717, 1.165) is 72.3 Å². The van der Waals surface area contributed by atoms with Crippen molar-refractivity contribution in [3.05, 3.63) is 253 Å². The Balaban J connectivity index is 1.06. The third-order valence-corrected chi connectivity index (χ3v) is 14.1. The zero-order valence-electron chi connectivity index (χ0n) is 35.7. The minimum atomic E-state index is -0.541. The van der Waals surface area contributed by atoms with E-state index in [4.69, 9.17) is 14.4 Å². The van der Waals surface area contributed by atoms with Crippen molar-refractivity contribution in [1.82, 2.24) is 9.97 Å². The fourth-order valence-corrected chi connectivity index (χ4v) is 11.4. The highest BCUT2D eigenvalue weighted by Gasteiger charge is 2.52. The summed E-state index contributed by atoms with van der Waals surface area (Å²) in [5.41, 5.74) is 20.5. The van der Waals surface area contributed by atoms with E-state index in [9.17, 15) is 0 Å². The molecule has 0 N–H and O–H groups in total. The van der Waals surface area contributed by atoms with Gasteiger partial charge in [0, 0.05) is 33.0 Å². The summed E-state index contributed by atoms with van der Waals surface area (Å²) >= 11 is 0. The Hall–Kier alpha value is -8.66. The van der Waals surface area contributed by atoms with E-state index in [1.807, 2.05) is 12.1 Å². The predicted molar refractivity (Wildman–Crippen MR) is 270 cm³/mol. The molecule has 0 aliphatic heterocycles. The molecule has 3 nitrogen and oxygen atoms in total. The van der Waals surface area contributed by atoms with Crippen molar-refractivity contribution in [2.24, 2.45) is 0 Å². The van der Waals surface area contributed by atoms with Crippen molar-refractivity contribution in [1.29, 1.82) is 0 Å². The number of para-hydroxylation sites is 2. The van der Waals surface area contributed by atoms with Crippen molar-refractivity contribution in [3.63, 3.8) is 0 Å². The molecule has 2 aliphatic carbocycles. The summed E-state index contributed by atoms with van der Waals surface area (Å²) in [6, 6.07) is 83.3. The topological polar surface area (TPSA) is 38.9 Å². The van der Waals surface area contributed by atoms with Crippen LogP contribution in [0.2, 0.25) is 0 Å². The molecule has 0 fully saturated rings. The Morgan fingerprint density at radius 1 is 0.318 bits per heavy atom. The smallest absolute Gasteiger partial charge is 0.160 e. The third-order valence-electron chi connectivity index (χ3n) is 14.1. The van der Waals surface area contributed by atoms with Crippen molar-refractivity contribution >= 4 is 32.7 Å². The van der Waals surface area contributed by atoms with Crippen LogP contribution in [0.5, 0.6) is 0 Å². The first-order chi connectivity index (χ1) is 32.7. The van der Waals surface area contributed by atoms with Crippen LogP contribution in [-0.4, -0.2) is 9.97 Å². The highest BCUT2D eigenvalue weighted by atomic mass is 16.3. The van der Waals surface area contributed by atoms with Crippen LogP contribution in [0.25, 0.3) is 111 Å². The number of hydrogen-bond donors (Lipinski definition) is 0. The van der Waals surface area contributed by atoms with Gasteiger partial charge in [-0.3, -0.25) is 0 Å². The molecule has 0 unspecified atom stereocenters. The molecule has 3 heteroatoms. The standard InChI is InChI=1S/C63H38N2O/c1-2-18-40(19-3-1)62-64-57(38-58(65-62)53-30-16-28-51-49-24-8-12-33-56(49)63(60(51)53)54-31-10-6-22-47(54)48-23-7-11-32-55(48)63)43-36-41(45-26-14-20-39-17-4-5-21-44(39)45)35-42(37-43)46-27-15-29-52-50-25-9-13-34-59(50)66-61(46)52/h1-38H. The Labute approximate surface area is 382 Å².